The molecule has 0 aliphatic rings. The Bertz CT molecular complexity index is 645. The van der Waals surface area contributed by atoms with Crippen molar-refractivity contribution in [3.05, 3.63) is 38.8 Å². The number of carbonyl (C=O) groups excluding carboxylic acids is 1. The minimum absolute atomic E-state index is 0.322. The molecule has 4 nitrogen and oxygen atoms in total. The molecule has 1 N–H and O–H groups in total. The molecule has 112 valence electrons. The number of nitrogens with one attached hydrogen (secondary N) is 1. The monoisotopic (exact) mass is 343 g/mol. The Hall–Kier alpha value is -1.17. The summed E-state index contributed by atoms with van der Waals surface area (Å²) in [5, 5.41) is 13.0. The molecule has 0 bridgehead atoms. The van der Waals surface area contributed by atoms with Crippen molar-refractivity contribution in [2.45, 2.75) is 32.6 Å². The highest BCUT2D eigenvalue weighted by molar-refractivity contribution is 7.15. The third kappa shape index (κ3) is 4.15. The van der Waals surface area contributed by atoms with E-state index in [9.17, 15) is 4.79 Å². The van der Waals surface area contributed by atoms with Gasteiger partial charge in [0.1, 0.15) is 5.01 Å². The van der Waals surface area contributed by atoms with E-state index in [1.54, 1.807) is 12.1 Å². The van der Waals surface area contributed by atoms with E-state index >= 15 is 0 Å². The third-order valence-electron chi connectivity index (χ3n) is 2.98. The highest BCUT2D eigenvalue weighted by Gasteiger charge is 2.16. The first-order valence-electron chi connectivity index (χ1n) is 6.61. The van der Waals surface area contributed by atoms with Crippen molar-refractivity contribution in [1.29, 1.82) is 0 Å². The van der Waals surface area contributed by atoms with E-state index in [4.69, 9.17) is 23.2 Å². The van der Waals surface area contributed by atoms with Gasteiger partial charge >= 0.3 is 0 Å². The van der Waals surface area contributed by atoms with E-state index in [1.165, 1.54) is 17.4 Å². The predicted molar refractivity (Wildman–Crippen MR) is 87.6 cm³/mol. The van der Waals surface area contributed by atoms with Crippen LogP contribution in [0.1, 0.15) is 48.0 Å². The number of amides is 1. The first-order valence-corrected chi connectivity index (χ1v) is 8.18. The molecule has 2 aromatic rings. The second-order valence-electron chi connectivity index (χ2n) is 4.71. The van der Waals surface area contributed by atoms with Gasteiger partial charge in [-0.25, -0.2) is 0 Å². The molecule has 0 saturated heterocycles. The van der Waals surface area contributed by atoms with Gasteiger partial charge in [0.15, 0.2) is 0 Å². The number of rotatable bonds is 5. The van der Waals surface area contributed by atoms with Crippen molar-refractivity contribution in [3.63, 3.8) is 0 Å². The molecule has 2 rings (SSSR count). The fraction of sp³-hybridized carbons (Fsp3) is 0.357. The Labute approximate surface area is 137 Å². The van der Waals surface area contributed by atoms with E-state index in [0.29, 0.717) is 26.7 Å². The van der Waals surface area contributed by atoms with Gasteiger partial charge in [-0.15, -0.1) is 10.2 Å². The van der Waals surface area contributed by atoms with Crippen molar-refractivity contribution in [2.24, 2.45) is 0 Å². The molecule has 0 aliphatic carbocycles. The number of aromatic nitrogens is 2. The van der Waals surface area contributed by atoms with Gasteiger partial charge in [0.2, 0.25) is 5.13 Å². The number of hydrogen-bond donors (Lipinski definition) is 1. The minimum atomic E-state index is -0.339. The van der Waals surface area contributed by atoms with Gasteiger partial charge in [0.05, 0.1) is 10.6 Å². The van der Waals surface area contributed by atoms with Crippen LogP contribution in [0.5, 0.6) is 0 Å². The van der Waals surface area contributed by atoms with E-state index < -0.39 is 0 Å². The molecular weight excluding hydrogens is 329 g/mol. The Morgan fingerprint density at radius 3 is 2.86 bits per heavy atom. The Morgan fingerprint density at radius 2 is 2.14 bits per heavy atom. The molecule has 0 unspecified atom stereocenters. The lowest BCUT2D eigenvalue weighted by Gasteiger charge is -2.04. The summed E-state index contributed by atoms with van der Waals surface area (Å²) in [4.78, 5) is 12.2. The highest BCUT2D eigenvalue weighted by Crippen LogP contribution is 2.27. The summed E-state index contributed by atoms with van der Waals surface area (Å²) in [5.74, 6) is 0.00116. The molecule has 21 heavy (non-hydrogen) atoms. The maximum atomic E-state index is 12.2. The van der Waals surface area contributed by atoms with E-state index in [-0.39, 0.29) is 5.91 Å². The zero-order valence-electron chi connectivity index (χ0n) is 11.7. The Balaban J connectivity index is 2.11. The van der Waals surface area contributed by atoms with Crippen LogP contribution in [0.3, 0.4) is 0 Å². The van der Waals surface area contributed by atoms with Gasteiger partial charge in [0, 0.05) is 10.9 Å². The lowest BCUT2D eigenvalue weighted by Crippen LogP contribution is -2.12. The van der Waals surface area contributed by atoms with Crippen molar-refractivity contribution < 1.29 is 4.79 Å². The van der Waals surface area contributed by atoms with Crippen LogP contribution in [0.2, 0.25) is 10.0 Å². The Morgan fingerprint density at radius 1 is 1.38 bits per heavy atom. The largest absolute Gasteiger partial charge is 0.296 e. The van der Waals surface area contributed by atoms with Crippen LogP contribution in [-0.4, -0.2) is 16.1 Å². The van der Waals surface area contributed by atoms with E-state index in [0.717, 1.165) is 17.8 Å². The van der Waals surface area contributed by atoms with Crippen molar-refractivity contribution in [1.82, 2.24) is 10.2 Å². The summed E-state index contributed by atoms with van der Waals surface area (Å²) in [6.07, 6.45) is 2.13. The fourth-order valence-electron chi connectivity index (χ4n) is 1.88. The van der Waals surface area contributed by atoms with Crippen molar-refractivity contribution in [3.8, 4) is 0 Å². The number of benzene rings is 1. The molecule has 1 atom stereocenters. The predicted octanol–water partition coefficient (Wildman–Crippen LogP) is 5.00. The van der Waals surface area contributed by atoms with Crippen LogP contribution < -0.4 is 5.32 Å². The van der Waals surface area contributed by atoms with Gasteiger partial charge in [-0.1, -0.05) is 54.8 Å². The molecule has 0 aliphatic heterocycles. The highest BCUT2D eigenvalue weighted by atomic mass is 35.5. The molecule has 7 heteroatoms. The topological polar surface area (TPSA) is 54.9 Å². The molecule has 1 heterocycles. The second kappa shape index (κ2) is 7.20. The number of nitrogens with zero attached hydrogens (tertiary/aromatic N) is 2. The van der Waals surface area contributed by atoms with Gasteiger partial charge in [-0.05, 0) is 24.6 Å². The minimum Gasteiger partial charge on any atom is -0.296 e. The van der Waals surface area contributed by atoms with Crippen molar-refractivity contribution in [2.75, 3.05) is 5.32 Å². The number of carbonyl (C=O) groups is 1. The number of hydrogen-bond acceptors (Lipinski definition) is 4. The standard InChI is InChI=1S/C14H15Cl2N3OS/c1-3-4-8(2)13-18-19-14(21-13)17-12(20)10-7-9(15)5-6-11(10)16/h5-8H,3-4H2,1-2H3,(H,17,19,20)/t8-/m1/s1. The Kier molecular flexibility index (Phi) is 5.56. The van der Waals surface area contributed by atoms with Gasteiger partial charge < -0.3 is 0 Å². The summed E-state index contributed by atoms with van der Waals surface area (Å²) < 4.78 is 0. The molecule has 1 aromatic carbocycles. The average Bonchev–Trinajstić information content (AvgIpc) is 2.90. The quantitative estimate of drug-likeness (QED) is 0.830. The van der Waals surface area contributed by atoms with Crippen LogP contribution in [0, 0.1) is 0 Å². The van der Waals surface area contributed by atoms with E-state index in [1.807, 2.05) is 0 Å². The molecule has 0 radical (unpaired) electrons. The number of anilines is 1. The summed E-state index contributed by atoms with van der Waals surface area (Å²) in [6.45, 7) is 4.23. The van der Waals surface area contributed by atoms with Crippen LogP contribution in [0.4, 0.5) is 5.13 Å². The molecular formula is C14H15Cl2N3OS. The fourth-order valence-corrected chi connectivity index (χ4v) is 3.08. The maximum Gasteiger partial charge on any atom is 0.259 e. The summed E-state index contributed by atoms with van der Waals surface area (Å²) >= 11 is 13.3. The lowest BCUT2D eigenvalue weighted by atomic mass is 10.1. The van der Waals surface area contributed by atoms with Crippen LogP contribution in [0.25, 0.3) is 0 Å². The zero-order valence-corrected chi connectivity index (χ0v) is 14.0. The molecule has 1 aromatic heterocycles. The maximum absolute atomic E-state index is 12.2. The van der Waals surface area contributed by atoms with Crippen LogP contribution in [-0.2, 0) is 0 Å². The third-order valence-corrected chi connectivity index (χ3v) is 4.61. The van der Waals surface area contributed by atoms with Gasteiger partial charge in [-0.2, -0.15) is 0 Å². The second-order valence-corrected chi connectivity index (χ2v) is 6.57. The van der Waals surface area contributed by atoms with Crippen LogP contribution >= 0.6 is 34.5 Å². The van der Waals surface area contributed by atoms with E-state index in [2.05, 4.69) is 29.4 Å². The normalized spacial score (nSPS) is 12.2. The van der Waals surface area contributed by atoms with Crippen molar-refractivity contribution >= 4 is 45.6 Å². The molecule has 1 amide bonds. The summed E-state index contributed by atoms with van der Waals surface area (Å²) in [7, 11) is 0. The molecule has 0 spiro atoms. The number of halogens is 2. The van der Waals surface area contributed by atoms with Gasteiger partial charge in [0.25, 0.3) is 5.91 Å². The average molecular weight is 344 g/mol. The van der Waals surface area contributed by atoms with Crippen LogP contribution in [0.15, 0.2) is 18.2 Å². The van der Waals surface area contributed by atoms with Gasteiger partial charge in [-0.3, -0.25) is 10.1 Å². The summed E-state index contributed by atoms with van der Waals surface area (Å²) in [5.41, 5.74) is 0.322. The molecule has 0 saturated carbocycles. The molecule has 0 fully saturated rings. The smallest absolute Gasteiger partial charge is 0.259 e. The lowest BCUT2D eigenvalue weighted by molar-refractivity contribution is 0.102. The first-order chi connectivity index (χ1) is 10.0. The summed E-state index contributed by atoms with van der Waals surface area (Å²) in [6, 6.07) is 4.75. The first kappa shape index (κ1) is 16.2. The zero-order chi connectivity index (χ0) is 15.4. The SMILES string of the molecule is CCC[C@@H](C)c1nnc(NC(=O)c2cc(Cl)ccc2Cl)s1.